The molecule has 5 nitrogen and oxygen atoms in total. The van der Waals surface area contributed by atoms with E-state index in [9.17, 15) is 18.0 Å². The zero-order chi connectivity index (χ0) is 16.2. The number of hydrogen-bond donors (Lipinski definition) is 2. The smallest absolute Gasteiger partial charge is 0.334 e. The lowest BCUT2D eigenvalue weighted by molar-refractivity contribution is -0.140. The maximum Gasteiger partial charge on any atom is 0.434 e. The number of rotatable bonds is 4. The topological polar surface area (TPSA) is 57.3 Å². The average Bonchev–Trinajstić information content (AvgIpc) is 2.87. The number of anilines is 1. The number of amides is 2. The molecule has 0 bridgehead atoms. The number of thiazole rings is 1. The molecule has 124 valence electrons. The molecule has 1 aliphatic heterocycles. The molecule has 2 rings (SSSR count). The van der Waals surface area contributed by atoms with Crippen molar-refractivity contribution in [1.82, 2.24) is 15.2 Å². The van der Waals surface area contributed by atoms with Crippen molar-refractivity contribution in [3.05, 3.63) is 11.1 Å². The number of halogens is 3. The molecule has 2 heterocycles. The number of urea groups is 1. The van der Waals surface area contributed by atoms with Gasteiger partial charge in [0, 0.05) is 18.0 Å². The van der Waals surface area contributed by atoms with E-state index < -0.39 is 17.9 Å². The zero-order valence-corrected chi connectivity index (χ0v) is 13.1. The van der Waals surface area contributed by atoms with E-state index in [0.717, 1.165) is 49.2 Å². The van der Waals surface area contributed by atoms with Gasteiger partial charge in [0.1, 0.15) is 0 Å². The summed E-state index contributed by atoms with van der Waals surface area (Å²) in [7, 11) is 0. The molecule has 22 heavy (non-hydrogen) atoms. The van der Waals surface area contributed by atoms with E-state index in [1.807, 2.05) is 6.92 Å². The van der Waals surface area contributed by atoms with Crippen LogP contribution in [0.3, 0.4) is 0 Å². The van der Waals surface area contributed by atoms with Crippen LogP contribution in [0, 0.1) is 0 Å². The minimum atomic E-state index is -4.49. The molecular weight excluding hydrogens is 317 g/mol. The molecule has 0 saturated carbocycles. The number of piperidine rings is 1. The SMILES string of the molecule is CC(CN1CCCCC1)NC(=O)Nc1nc(C(F)(F)F)cs1. The Morgan fingerprint density at radius 2 is 2.09 bits per heavy atom. The lowest BCUT2D eigenvalue weighted by Gasteiger charge is -2.29. The number of aromatic nitrogens is 1. The molecule has 2 N–H and O–H groups in total. The summed E-state index contributed by atoms with van der Waals surface area (Å²) in [6.45, 7) is 4.65. The maximum absolute atomic E-state index is 12.4. The second-order valence-corrected chi connectivity index (χ2v) is 6.25. The summed E-state index contributed by atoms with van der Waals surface area (Å²) in [4.78, 5) is 17.4. The molecule has 0 aliphatic carbocycles. The zero-order valence-electron chi connectivity index (χ0n) is 12.2. The summed E-state index contributed by atoms with van der Waals surface area (Å²) in [5.41, 5.74) is -0.992. The van der Waals surface area contributed by atoms with Gasteiger partial charge >= 0.3 is 12.2 Å². The van der Waals surface area contributed by atoms with Crippen molar-refractivity contribution >= 4 is 22.5 Å². The summed E-state index contributed by atoms with van der Waals surface area (Å²) in [6, 6.07) is -0.618. The van der Waals surface area contributed by atoms with Crippen molar-refractivity contribution < 1.29 is 18.0 Å². The van der Waals surface area contributed by atoms with Gasteiger partial charge in [0.25, 0.3) is 0 Å². The first-order valence-corrected chi connectivity index (χ1v) is 8.05. The molecule has 1 fully saturated rings. The Bertz CT molecular complexity index is 500. The highest BCUT2D eigenvalue weighted by Crippen LogP contribution is 2.31. The second-order valence-electron chi connectivity index (χ2n) is 5.40. The number of nitrogens with one attached hydrogen (secondary N) is 2. The van der Waals surface area contributed by atoms with Gasteiger partial charge in [-0.25, -0.2) is 9.78 Å². The number of carbonyl (C=O) groups excluding carboxylic acids is 1. The minimum absolute atomic E-state index is 0.0602. The van der Waals surface area contributed by atoms with E-state index in [1.54, 1.807) is 0 Å². The number of carbonyl (C=O) groups is 1. The van der Waals surface area contributed by atoms with Gasteiger partial charge < -0.3 is 10.2 Å². The molecule has 2 amide bonds. The molecule has 0 aromatic carbocycles. The predicted octanol–water partition coefficient (Wildman–Crippen LogP) is 3.16. The van der Waals surface area contributed by atoms with Crippen molar-refractivity contribution in [3.8, 4) is 0 Å². The first kappa shape index (κ1) is 17.0. The van der Waals surface area contributed by atoms with E-state index in [-0.39, 0.29) is 11.2 Å². The maximum atomic E-state index is 12.4. The molecule has 0 radical (unpaired) electrons. The molecule has 1 aromatic heterocycles. The van der Waals surface area contributed by atoms with Crippen LogP contribution in [0.25, 0.3) is 0 Å². The van der Waals surface area contributed by atoms with E-state index in [1.165, 1.54) is 6.42 Å². The van der Waals surface area contributed by atoms with E-state index >= 15 is 0 Å². The van der Waals surface area contributed by atoms with Crippen LogP contribution in [0.5, 0.6) is 0 Å². The Kier molecular flexibility index (Phi) is 5.63. The lowest BCUT2D eigenvalue weighted by atomic mass is 10.1. The molecule has 1 saturated heterocycles. The van der Waals surface area contributed by atoms with Crippen LogP contribution >= 0.6 is 11.3 Å². The van der Waals surface area contributed by atoms with Gasteiger partial charge in [-0.15, -0.1) is 11.3 Å². The fraction of sp³-hybridized carbons (Fsp3) is 0.692. The average molecular weight is 336 g/mol. The monoisotopic (exact) mass is 336 g/mol. The van der Waals surface area contributed by atoms with Crippen LogP contribution in [0.4, 0.5) is 23.1 Å². The van der Waals surface area contributed by atoms with E-state index in [4.69, 9.17) is 0 Å². The lowest BCUT2D eigenvalue weighted by Crippen LogP contribution is -2.45. The van der Waals surface area contributed by atoms with Crippen molar-refractivity contribution in [3.63, 3.8) is 0 Å². The van der Waals surface area contributed by atoms with Gasteiger partial charge in [0.05, 0.1) is 0 Å². The Morgan fingerprint density at radius 1 is 1.41 bits per heavy atom. The van der Waals surface area contributed by atoms with Gasteiger partial charge in [-0.1, -0.05) is 6.42 Å². The fourth-order valence-electron chi connectivity index (χ4n) is 2.39. The van der Waals surface area contributed by atoms with Crippen LogP contribution in [0.15, 0.2) is 5.38 Å². The summed E-state index contributed by atoms with van der Waals surface area (Å²) < 4.78 is 37.3. The number of alkyl halides is 3. The van der Waals surface area contributed by atoms with Crippen LogP contribution in [-0.4, -0.2) is 41.6 Å². The van der Waals surface area contributed by atoms with Crippen LogP contribution < -0.4 is 10.6 Å². The largest absolute Gasteiger partial charge is 0.434 e. The third kappa shape index (κ3) is 5.13. The molecule has 1 atom stereocenters. The Hall–Kier alpha value is -1.35. The highest BCUT2D eigenvalue weighted by Gasteiger charge is 2.33. The van der Waals surface area contributed by atoms with Crippen LogP contribution in [-0.2, 0) is 6.18 Å². The van der Waals surface area contributed by atoms with Crippen molar-refractivity contribution in [1.29, 1.82) is 0 Å². The highest BCUT2D eigenvalue weighted by molar-refractivity contribution is 7.13. The van der Waals surface area contributed by atoms with Crippen molar-refractivity contribution in [2.45, 2.75) is 38.4 Å². The van der Waals surface area contributed by atoms with E-state index in [2.05, 4.69) is 20.5 Å². The summed E-state index contributed by atoms with van der Waals surface area (Å²) in [5, 5.41) is 5.88. The van der Waals surface area contributed by atoms with Crippen molar-refractivity contribution in [2.75, 3.05) is 25.0 Å². The van der Waals surface area contributed by atoms with E-state index in [0.29, 0.717) is 0 Å². The van der Waals surface area contributed by atoms with Gasteiger partial charge in [-0.05, 0) is 32.9 Å². The van der Waals surface area contributed by atoms with Gasteiger partial charge in [-0.3, -0.25) is 5.32 Å². The third-order valence-corrected chi connectivity index (χ3v) is 4.13. The molecule has 0 spiro atoms. The molecule has 1 aromatic rings. The molecule has 1 aliphatic rings. The number of nitrogens with zero attached hydrogens (tertiary/aromatic N) is 2. The standard InChI is InChI=1S/C13H19F3N4OS/c1-9(7-20-5-3-2-4-6-20)17-11(21)19-12-18-10(8-22-12)13(14,15)16/h8-9H,2-7H2,1H3,(H2,17,18,19,21). The Labute approximate surface area is 130 Å². The Balaban J connectivity index is 1.78. The summed E-state index contributed by atoms with van der Waals surface area (Å²) in [5.74, 6) is 0. The second kappa shape index (κ2) is 7.28. The van der Waals surface area contributed by atoms with Crippen LogP contribution in [0.2, 0.25) is 0 Å². The van der Waals surface area contributed by atoms with Gasteiger partial charge in [0.2, 0.25) is 0 Å². The first-order chi connectivity index (χ1) is 10.3. The number of likely N-dealkylation sites (tertiary alicyclic amines) is 1. The summed E-state index contributed by atoms with van der Waals surface area (Å²) >= 11 is 0.754. The highest BCUT2D eigenvalue weighted by atomic mass is 32.1. The predicted molar refractivity (Wildman–Crippen MR) is 79.0 cm³/mol. The van der Waals surface area contributed by atoms with Gasteiger partial charge in [-0.2, -0.15) is 13.2 Å². The normalized spacial score (nSPS) is 18.0. The number of hydrogen-bond acceptors (Lipinski definition) is 4. The molecule has 1 unspecified atom stereocenters. The Morgan fingerprint density at radius 3 is 2.68 bits per heavy atom. The van der Waals surface area contributed by atoms with Crippen molar-refractivity contribution in [2.24, 2.45) is 0 Å². The molecule has 9 heteroatoms. The van der Waals surface area contributed by atoms with Gasteiger partial charge in [0.15, 0.2) is 10.8 Å². The summed E-state index contributed by atoms with van der Waals surface area (Å²) in [6.07, 6.45) is -0.921. The molecular formula is C13H19F3N4OS. The minimum Gasteiger partial charge on any atom is -0.334 e. The van der Waals surface area contributed by atoms with Crippen LogP contribution in [0.1, 0.15) is 31.9 Å². The quantitative estimate of drug-likeness (QED) is 0.888. The first-order valence-electron chi connectivity index (χ1n) is 7.17. The fourth-order valence-corrected chi connectivity index (χ4v) is 3.11. The third-order valence-electron chi connectivity index (χ3n) is 3.37.